The zero-order valence-electron chi connectivity index (χ0n) is 8.88. The van der Waals surface area contributed by atoms with Crippen molar-refractivity contribution in [1.29, 1.82) is 0 Å². The van der Waals surface area contributed by atoms with E-state index in [2.05, 4.69) is 23.5 Å². The topological polar surface area (TPSA) is 29.1 Å². The molecular formula is C12H15NOS. The lowest BCUT2D eigenvalue weighted by Crippen LogP contribution is -2.10. The van der Waals surface area contributed by atoms with Gasteiger partial charge in [0.15, 0.2) is 0 Å². The maximum absolute atomic E-state index is 10.8. The van der Waals surface area contributed by atoms with Gasteiger partial charge in [0.2, 0.25) is 0 Å². The van der Waals surface area contributed by atoms with Gasteiger partial charge in [0, 0.05) is 10.6 Å². The first kappa shape index (κ1) is 10.6. The van der Waals surface area contributed by atoms with Crippen LogP contribution in [0.15, 0.2) is 23.1 Å². The van der Waals surface area contributed by atoms with Gasteiger partial charge < -0.3 is 5.32 Å². The number of ketones is 1. The number of benzene rings is 1. The fraction of sp³-hybridized carbons (Fsp3) is 0.417. The fourth-order valence-corrected chi connectivity index (χ4v) is 2.72. The molecule has 1 aromatic carbocycles. The molecule has 0 saturated heterocycles. The highest BCUT2D eigenvalue weighted by Gasteiger charge is 2.09. The number of rotatable bonds is 3. The molecule has 1 aromatic rings. The normalized spacial score (nSPS) is 14.5. The Balaban J connectivity index is 2.10. The molecule has 0 saturated carbocycles. The summed E-state index contributed by atoms with van der Waals surface area (Å²) < 4.78 is 0. The molecule has 0 aliphatic carbocycles. The van der Waals surface area contributed by atoms with E-state index in [1.807, 2.05) is 11.8 Å². The number of hydrogen-bond acceptors (Lipinski definition) is 3. The number of nitrogens with one attached hydrogen (secondary N) is 1. The van der Waals surface area contributed by atoms with Crippen LogP contribution in [-0.4, -0.2) is 18.1 Å². The monoisotopic (exact) mass is 221 g/mol. The summed E-state index contributed by atoms with van der Waals surface area (Å²) in [4.78, 5) is 12.2. The highest BCUT2D eigenvalue weighted by molar-refractivity contribution is 7.99. The van der Waals surface area contributed by atoms with Gasteiger partial charge in [0.1, 0.15) is 5.78 Å². The van der Waals surface area contributed by atoms with Crippen LogP contribution in [0, 0.1) is 0 Å². The molecule has 15 heavy (non-hydrogen) atoms. The Morgan fingerprint density at radius 1 is 1.53 bits per heavy atom. The van der Waals surface area contributed by atoms with E-state index in [1.54, 1.807) is 6.92 Å². The van der Waals surface area contributed by atoms with Crippen molar-refractivity contribution in [1.82, 2.24) is 0 Å². The van der Waals surface area contributed by atoms with Crippen LogP contribution in [0.3, 0.4) is 0 Å². The van der Waals surface area contributed by atoms with Crippen molar-refractivity contribution in [2.45, 2.75) is 24.7 Å². The zero-order chi connectivity index (χ0) is 10.7. The largest absolute Gasteiger partial charge is 0.378 e. The molecule has 0 aromatic heterocycles. The highest BCUT2D eigenvalue weighted by atomic mass is 32.2. The lowest BCUT2D eigenvalue weighted by Gasteiger charge is -2.16. The van der Waals surface area contributed by atoms with E-state index >= 15 is 0 Å². The number of fused-ring (bicyclic) bond motifs is 1. The minimum atomic E-state index is 0.169. The van der Waals surface area contributed by atoms with Gasteiger partial charge in [-0.1, -0.05) is 0 Å². The Morgan fingerprint density at radius 3 is 3.20 bits per heavy atom. The summed E-state index contributed by atoms with van der Waals surface area (Å²) in [5.41, 5.74) is 2.48. The van der Waals surface area contributed by atoms with Crippen LogP contribution in [0.5, 0.6) is 0 Å². The van der Waals surface area contributed by atoms with Crippen LogP contribution in [0.2, 0.25) is 0 Å². The summed E-state index contributed by atoms with van der Waals surface area (Å²) in [7, 11) is 0. The third kappa shape index (κ3) is 2.75. The van der Waals surface area contributed by atoms with Gasteiger partial charge in [-0.25, -0.2) is 0 Å². The molecule has 0 amide bonds. The van der Waals surface area contributed by atoms with Crippen molar-refractivity contribution in [3.8, 4) is 0 Å². The third-order valence-corrected chi connectivity index (χ3v) is 3.65. The Morgan fingerprint density at radius 2 is 2.40 bits per heavy atom. The van der Waals surface area contributed by atoms with Crippen molar-refractivity contribution >= 4 is 23.2 Å². The Labute approximate surface area is 94.4 Å². The number of thioether (sulfide) groups is 1. The van der Waals surface area contributed by atoms with Gasteiger partial charge in [-0.2, -0.15) is 0 Å². The molecule has 2 rings (SSSR count). The van der Waals surface area contributed by atoms with Gasteiger partial charge >= 0.3 is 0 Å². The standard InChI is InChI=1S/C12H15NOS/c1-9(14)8-13-11-4-5-12-10(7-11)3-2-6-15-12/h4-5,7,13H,2-3,6,8H2,1H3. The second kappa shape index (κ2) is 4.71. The van der Waals surface area contributed by atoms with Crippen molar-refractivity contribution in [3.63, 3.8) is 0 Å². The van der Waals surface area contributed by atoms with Gasteiger partial charge in [0.05, 0.1) is 6.54 Å². The first-order valence-electron chi connectivity index (χ1n) is 5.25. The average Bonchev–Trinajstić information content (AvgIpc) is 2.26. The summed E-state index contributed by atoms with van der Waals surface area (Å²) in [6.45, 7) is 2.02. The molecule has 0 bridgehead atoms. The third-order valence-electron chi connectivity index (χ3n) is 2.45. The van der Waals surface area contributed by atoms with E-state index in [-0.39, 0.29) is 5.78 Å². The molecular weight excluding hydrogens is 206 g/mol. The van der Waals surface area contributed by atoms with Crippen LogP contribution < -0.4 is 5.32 Å². The van der Waals surface area contributed by atoms with Crippen molar-refractivity contribution in [2.24, 2.45) is 0 Å². The van der Waals surface area contributed by atoms with Crippen LogP contribution in [-0.2, 0) is 11.2 Å². The zero-order valence-corrected chi connectivity index (χ0v) is 9.69. The maximum Gasteiger partial charge on any atom is 0.148 e. The summed E-state index contributed by atoms with van der Waals surface area (Å²) in [5, 5.41) is 3.14. The first-order valence-corrected chi connectivity index (χ1v) is 6.23. The lowest BCUT2D eigenvalue weighted by atomic mass is 10.1. The van der Waals surface area contributed by atoms with Crippen molar-refractivity contribution < 1.29 is 4.79 Å². The van der Waals surface area contributed by atoms with E-state index in [9.17, 15) is 4.79 Å². The van der Waals surface area contributed by atoms with E-state index in [4.69, 9.17) is 0 Å². The molecule has 2 nitrogen and oxygen atoms in total. The summed E-state index contributed by atoms with van der Waals surface area (Å²) in [5.74, 6) is 1.40. The molecule has 1 aliphatic heterocycles. The minimum absolute atomic E-state index is 0.169. The van der Waals surface area contributed by atoms with E-state index in [1.165, 1.54) is 22.6 Å². The summed E-state index contributed by atoms with van der Waals surface area (Å²) in [6.07, 6.45) is 2.42. The Hall–Kier alpha value is -0.960. The average molecular weight is 221 g/mol. The van der Waals surface area contributed by atoms with Crippen molar-refractivity contribution in [3.05, 3.63) is 23.8 Å². The molecule has 1 N–H and O–H groups in total. The van der Waals surface area contributed by atoms with Gasteiger partial charge in [-0.05, 0) is 49.3 Å². The molecule has 0 radical (unpaired) electrons. The SMILES string of the molecule is CC(=O)CNc1ccc2c(c1)CCCS2. The van der Waals surface area contributed by atoms with E-state index in [0.29, 0.717) is 6.54 Å². The van der Waals surface area contributed by atoms with Crippen LogP contribution in [0.4, 0.5) is 5.69 Å². The van der Waals surface area contributed by atoms with Gasteiger partial charge in [-0.15, -0.1) is 11.8 Å². The van der Waals surface area contributed by atoms with Crippen LogP contribution in [0.1, 0.15) is 18.9 Å². The Bertz CT molecular complexity index is 376. The molecule has 0 unspecified atom stereocenters. The van der Waals surface area contributed by atoms with Gasteiger partial charge in [0.25, 0.3) is 0 Å². The lowest BCUT2D eigenvalue weighted by molar-refractivity contribution is -0.115. The number of anilines is 1. The minimum Gasteiger partial charge on any atom is -0.378 e. The van der Waals surface area contributed by atoms with E-state index < -0.39 is 0 Å². The number of carbonyl (C=O) groups is 1. The highest BCUT2D eigenvalue weighted by Crippen LogP contribution is 2.31. The van der Waals surface area contributed by atoms with Crippen molar-refractivity contribution in [2.75, 3.05) is 17.6 Å². The smallest absolute Gasteiger partial charge is 0.148 e. The number of hydrogen-bond donors (Lipinski definition) is 1. The second-order valence-electron chi connectivity index (χ2n) is 3.83. The molecule has 80 valence electrons. The van der Waals surface area contributed by atoms with Crippen LogP contribution in [0.25, 0.3) is 0 Å². The molecule has 0 fully saturated rings. The molecule has 0 spiro atoms. The number of Topliss-reactive ketones (excluding diaryl/α,β-unsaturated/α-hetero) is 1. The predicted octanol–water partition coefficient (Wildman–Crippen LogP) is 2.73. The number of aryl methyl sites for hydroxylation is 1. The quantitative estimate of drug-likeness (QED) is 0.851. The molecule has 0 atom stereocenters. The molecule has 1 heterocycles. The number of carbonyl (C=O) groups excluding carboxylic acids is 1. The van der Waals surface area contributed by atoms with Crippen LogP contribution >= 0.6 is 11.8 Å². The molecule has 1 aliphatic rings. The predicted molar refractivity (Wildman–Crippen MR) is 64.7 cm³/mol. The second-order valence-corrected chi connectivity index (χ2v) is 4.97. The van der Waals surface area contributed by atoms with Gasteiger partial charge in [-0.3, -0.25) is 4.79 Å². The first-order chi connectivity index (χ1) is 7.25. The fourth-order valence-electron chi connectivity index (χ4n) is 1.70. The van der Waals surface area contributed by atoms with E-state index in [0.717, 1.165) is 12.1 Å². The molecule has 3 heteroatoms. The maximum atomic E-state index is 10.8. The summed E-state index contributed by atoms with van der Waals surface area (Å²) >= 11 is 1.93. The Kier molecular flexibility index (Phi) is 3.31. The summed E-state index contributed by atoms with van der Waals surface area (Å²) in [6, 6.07) is 6.38.